The molecule has 1 unspecified atom stereocenters. The average molecular weight is 482 g/mol. The number of phenols is 1. The molecule has 2 saturated heterocycles. The van der Waals surface area contributed by atoms with E-state index >= 15 is 0 Å². The molecular formula is C29H31N5O2. The van der Waals surface area contributed by atoms with Gasteiger partial charge in [0, 0.05) is 37.6 Å². The molecule has 7 nitrogen and oxygen atoms in total. The van der Waals surface area contributed by atoms with Crippen LogP contribution in [0.25, 0.3) is 33.4 Å². The number of morpholine rings is 1. The second kappa shape index (κ2) is 10.2. The number of fused-ring (bicyclic) bond motifs is 1. The maximum absolute atomic E-state index is 10.4. The van der Waals surface area contributed by atoms with Crippen LogP contribution in [0.15, 0.2) is 66.7 Å². The summed E-state index contributed by atoms with van der Waals surface area (Å²) in [6, 6.07) is 22.7. The minimum absolute atomic E-state index is 0.180. The number of aromatic hydroxyl groups is 1. The average Bonchev–Trinajstić information content (AvgIpc) is 3.43. The lowest BCUT2D eigenvalue weighted by molar-refractivity contribution is 0.0342. The highest BCUT2D eigenvalue weighted by Gasteiger charge is 2.19. The van der Waals surface area contributed by atoms with Crippen LogP contribution in [0.2, 0.25) is 0 Å². The topological polar surface area (TPSA) is 82.5 Å². The largest absolute Gasteiger partial charge is 0.507 e. The number of nitrogens with zero attached hydrogens (tertiary/aromatic N) is 3. The second-order valence-electron chi connectivity index (χ2n) is 9.56. The van der Waals surface area contributed by atoms with Gasteiger partial charge in [-0.25, -0.2) is 9.97 Å². The highest BCUT2D eigenvalue weighted by atomic mass is 16.5. The Morgan fingerprint density at radius 1 is 0.972 bits per heavy atom. The van der Waals surface area contributed by atoms with Crippen LogP contribution >= 0.6 is 0 Å². The Kier molecular flexibility index (Phi) is 6.51. The molecule has 2 aliphatic rings. The van der Waals surface area contributed by atoms with Crippen molar-refractivity contribution >= 4 is 16.7 Å². The number of hydrogen-bond donors (Lipinski definition) is 3. The van der Waals surface area contributed by atoms with Crippen LogP contribution in [0, 0.1) is 0 Å². The molecule has 184 valence electrons. The fourth-order valence-corrected chi connectivity index (χ4v) is 4.99. The molecule has 3 heterocycles. The van der Waals surface area contributed by atoms with E-state index in [2.05, 4.69) is 58.0 Å². The summed E-state index contributed by atoms with van der Waals surface area (Å²) >= 11 is 0. The van der Waals surface area contributed by atoms with E-state index in [0.717, 1.165) is 74.6 Å². The van der Waals surface area contributed by atoms with Gasteiger partial charge in [-0.2, -0.15) is 0 Å². The van der Waals surface area contributed by atoms with Gasteiger partial charge in [-0.3, -0.25) is 4.90 Å². The van der Waals surface area contributed by atoms with Gasteiger partial charge in [0.05, 0.1) is 24.3 Å². The first-order valence-corrected chi connectivity index (χ1v) is 12.7. The van der Waals surface area contributed by atoms with Crippen molar-refractivity contribution in [2.45, 2.75) is 19.0 Å². The molecule has 0 spiro atoms. The summed E-state index contributed by atoms with van der Waals surface area (Å²) in [6.45, 7) is 6.46. The molecule has 4 aromatic rings. The highest BCUT2D eigenvalue weighted by Crippen LogP contribution is 2.33. The van der Waals surface area contributed by atoms with E-state index in [4.69, 9.17) is 14.7 Å². The number of rotatable bonds is 6. The molecule has 2 fully saturated rings. The van der Waals surface area contributed by atoms with Gasteiger partial charge in [0.25, 0.3) is 0 Å². The van der Waals surface area contributed by atoms with Crippen molar-refractivity contribution in [3.63, 3.8) is 0 Å². The van der Waals surface area contributed by atoms with Crippen LogP contribution in [0.3, 0.4) is 0 Å². The van der Waals surface area contributed by atoms with E-state index in [1.165, 1.54) is 11.1 Å². The highest BCUT2D eigenvalue weighted by molar-refractivity contribution is 5.94. The fourth-order valence-electron chi connectivity index (χ4n) is 4.99. The van der Waals surface area contributed by atoms with E-state index in [1.807, 2.05) is 18.2 Å². The molecule has 0 radical (unpaired) electrons. The first-order chi connectivity index (χ1) is 17.7. The third-order valence-electron chi connectivity index (χ3n) is 7.04. The Hall–Kier alpha value is -3.52. The molecule has 3 N–H and O–H groups in total. The van der Waals surface area contributed by atoms with Crippen LogP contribution < -0.4 is 10.6 Å². The van der Waals surface area contributed by atoms with Crippen molar-refractivity contribution in [3.05, 3.63) is 72.3 Å². The van der Waals surface area contributed by atoms with Crippen LogP contribution in [0.5, 0.6) is 5.75 Å². The number of para-hydroxylation sites is 1. The Balaban J connectivity index is 1.34. The van der Waals surface area contributed by atoms with Crippen molar-refractivity contribution in [3.8, 4) is 28.3 Å². The van der Waals surface area contributed by atoms with Gasteiger partial charge in [-0.15, -0.1) is 0 Å². The minimum Gasteiger partial charge on any atom is -0.507 e. The van der Waals surface area contributed by atoms with Crippen LogP contribution in [0.1, 0.15) is 12.0 Å². The molecule has 1 atom stereocenters. The van der Waals surface area contributed by atoms with Crippen molar-refractivity contribution < 1.29 is 9.84 Å². The van der Waals surface area contributed by atoms with E-state index in [1.54, 1.807) is 6.07 Å². The van der Waals surface area contributed by atoms with Crippen LogP contribution in [-0.4, -0.2) is 65.4 Å². The third-order valence-corrected chi connectivity index (χ3v) is 7.04. The maximum atomic E-state index is 10.4. The number of ether oxygens (including phenoxy) is 1. The van der Waals surface area contributed by atoms with Crippen molar-refractivity contribution in [1.29, 1.82) is 0 Å². The van der Waals surface area contributed by atoms with Gasteiger partial charge in [-0.1, -0.05) is 42.5 Å². The number of hydrogen-bond acceptors (Lipinski definition) is 7. The Morgan fingerprint density at radius 3 is 2.56 bits per heavy atom. The summed E-state index contributed by atoms with van der Waals surface area (Å²) in [7, 11) is 0. The lowest BCUT2D eigenvalue weighted by Crippen LogP contribution is -2.35. The maximum Gasteiger partial charge on any atom is 0.165 e. The first kappa shape index (κ1) is 22.9. The number of benzene rings is 3. The van der Waals surface area contributed by atoms with E-state index in [-0.39, 0.29) is 5.75 Å². The summed E-state index contributed by atoms with van der Waals surface area (Å²) in [5.41, 5.74) is 5.09. The normalized spacial score (nSPS) is 18.5. The first-order valence-electron chi connectivity index (χ1n) is 12.7. The zero-order valence-corrected chi connectivity index (χ0v) is 20.3. The van der Waals surface area contributed by atoms with Gasteiger partial charge >= 0.3 is 0 Å². The van der Waals surface area contributed by atoms with Gasteiger partial charge in [0.2, 0.25) is 0 Å². The number of phenolic OH excluding ortho intramolecular Hbond substituents is 1. The molecule has 7 heteroatoms. The standard InChI is InChI=1S/C29H31N5O2/c35-27-4-2-1-3-24(27)28-32-26-10-9-22(17-25(26)29(33-28)31-23-11-12-30-18-23)21-7-5-20(6-8-21)19-34-13-15-36-16-14-34/h1-10,17,23,30,35H,11-16,18-19H2,(H,31,32,33). The fraction of sp³-hybridized carbons (Fsp3) is 0.310. The van der Waals surface area contributed by atoms with Crippen LogP contribution in [0.4, 0.5) is 5.82 Å². The Bertz CT molecular complexity index is 1350. The van der Waals surface area contributed by atoms with E-state index in [9.17, 15) is 5.11 Å². The van der Waals surface area contributed by atoms with Crippen LogP contribution in [-0.2, 0) is 11.3 Å². The Morgan fingerprint density at radius 2 is 1.78 bits per heavy atom. The smallest absolute Gasteiger partial charge is 0.165 e. The van der Waals surface area contributed by atoms with Gasteiger partial charge in [-0.05, 0) is 53.9 Å². The summed E-state index contributed by atoms with van der Waals surface area (Å²) in [5.74, 6) is 1.51. The molecule has 1 aromatic heterocycles. The van der Waals surface area contributed by atoms with Crippen molar-refractivity contribution in [2.24, 2.45) is 0 Å². The van der Waals surface area contributed by atoms with Gasteiger partial charge in [0.15, 0.2) is 5.82 Å². The lowest BCUT2D eigenvalue weighted by atomic mass is 10.0. The summed E-state index contributed by atoms with van der Waals surface area (Å²) < 4.78 is 5.47. The molecular weight excluding hydrogens is 450 g/mol. The van der Waals surface area contributed by atoms with Crippen molar-refractivity contribution in [1.82, 2.24) is 20.2 Å². The molecule has 3 aromatic carbocycles. The molecule has 0 aliphatic carbocycles. The molecule has 2 aliphatic heterocycles. The van der Waals surface area contributed by atoms with Gasteiger partial charge < -0.3 is 20.5 Å². The zero-order chi connectivity index (χ0) is 24.3. The monoisotopic (exact) mass is 481 g/mol. The summed E-state index contributed by atoms with van der Waals surface area (Å²) in [4.78, 5) is 12.1. The second-order valence-corrected chi connectivity index (χ2v) is 9.56. The molecule has 36 heavy (non-hydrogen) atoms. The predicted molar refractivity (Wildman–Crippen MR) is 143 cm³/mol. The molecule has 0 bridgehead atoms. The molecule has 6 rings (SSSR count). The lowest BCUT2D eigenvalue weighted by Gasteiger charge is -2.26. The van der Waals surface area contributed by atoms with Crippen molar-refractivity contribution in [2.75, 3.05) is 44.7 Å². The number of anilines is 1. The predicted octanol–water partition coefficient (Wildman–Crippen LogP) is 4.28. The zero-order valence-electron chi connectivity index (χ0n) is 20.3. The number of nitrogens with one attached hydrogen (secondary N) is 2. The van der Waals surface area contributed by atoms with E-state index < -0.39 is 0 Å². The van der Waals surface area contributed by atoms with Gasteiger partial charge in [0.1, 0.15) is 11.6 Å². The molecule has 0 saturated carbocycles. The van der Waals surface area contributed by atoms with E-state index in [0.29, 0.717) is 17.4 Å². The Labute approximate surface area is 211 Å². The minimum atomic E-state index is 0.180. The molecule has 0 amide bonds. The third kappa shape index (κ3) is 4.91. The summed E-state index contributed by atoms with van der Waals surface area (Å²) in [6.07, 6.45) is 1.04. The quantitative estimate of drug-likeness (QED) is 0.379. The number of aromatic nitrogens is 2. The summed E-state index contributed by atoms with van der Waals surface area (Å²) in [5, 5.41) is 18.4. The SMILES string of the molecule is Oc1ccccc1-c1nc(NC2CCNC2)c2cc(-c3ccc(CN4CCOCC4)cc3)ccc2n1.